The molecule has 0 spiro atoms. The smallest absolute Gasteiger partial charge is 0.0418 e. The van der Waals surface area contributed by atoms with Crippen molar-refractivity contribution in [3.8, 4) is 0 Å². The fourth-order valence-corrected chi connectivity index (χ4v) is 3.30. The molecular formula is C22H19N. The number of anilines is 1. The standard InChI is InChI=1S/C22H19N/c1-16-9-5-7-13-19(16)22(17-10-3-2-4-11-17)21-15-18-12-6-8-14-20(18)23-21/h2-14,23H,15H2,1H3/b22-21+. The molecule has 0 unspecified atom stereocenters. The first-order valence-electron chi connectivity index (χ1n) is 8.02. The number of hydrogen-bond acceptors (Lipinski definition) is 1. The molecule has 3 aromatic rings. The van der Waals surface area contributed by atoms with Gasteiger partial charge in [0.15, 0.2) is 0 Å². The van der Waals surface area contributed by atoms with Gasteiger partial charge in [0.1, 0.15) is 0 Å². The molecule has 0 bridgehead atoms. The van der Waals surface area contributed by atoms with Gasteiger partial charge in [-0.15, -0.1) is 0 Å². The first kappa shape index (κ1) is 13.8. The predicted molar refractivity (Wildman–Crippen MR) is 97.4 cm³/mol. The molecule has 0 fully saturated rings. The lowest BCUT2D eigenvalue weighted by atomic mass is 9.92. The zero-order valence-corrected chi connectivity index (χ0v) is 13.2. The number of nitrogens with one attached hydrogen (secondary N) is 1. The van der Waals surface area contributed by atoms with E-state index in [1.54, 1.807) is 0 Å². The molecule has 4 rings (SSSR count). The van der Waals surface area contributed by atoms with E-state index in [-0.39, 0.29) is 0 Å². The van der Waals surface area contributed by atoms with Gasteiger partial charge in [0.25, 0.3) is 0 Å². The molecule has 0 aromatic heterocycles. The molecule has 3 aromatic carbocycles. The first-order chi connectivity index (χ1) is 11.3. The minimum absolute atomic E-state index is 0.953. The van der Waals surface area contributed by atoms with Crippen LogP contribution in [-0.4, -0.2) is 0 Å². The molecule has 0 atom stereocenters. The first-order valence-corrected chi connectivity index (χ1v) is 8.02. The van der Waals surface area contributed by atoms with Crippen LogP contribution in [0, 0.1) is 6.92 Å². The van der Waals surface area contributed by atoms with Gasteiger partial charge in [-0.05, 0) is 35.2 Å². The molecule has 0 aliphatic carbocycles. The van der Waals surface area contributed by atoms with Crippen LogP contribution in [0.1, 0.15) is 22.3 Å². The number of allylic oxidation sites excluding steroid dienone is 1. The summed E-state index contributed by atoms with van der Waals surface area (Å²) in [4.78, 5) is 0. The molecule has 0 saturated carbocycles. The fraction of sp³-hybridized carbons (Fsp3) is 0.0909. The third-order valence-corrected chi connectivity index (χ3v) is 4.45. The quantitative estimate of drug-likeness (QED) is 0.665. The lowest BCUT2D eigenvalue weighted by Crippen LogP contribution is -2.01. The molecule has 0 saturated heterocycles. The van der Waals surface area contributed by atoms with Crippen molar-refractivity contribution in [2.24, 2.45) is 0 Å². The molecule has 1 heteroatoms. The monoisotopic (exact) mass is 297 g/mol. The van der Waals surface area contributed by atoms with Crippen molar-refractivity contribution in [1.82, 2.24) is 0 Å². The normalized spacial score (nSPS) is 15.0. The molecule has 1 nitrogen and oxygen atoms in total. The number of hydrogen-bond donors (Lipinski definition) is 1. The van der Waals surface area contributed by atoms with Crippen LogP contribution in [0.5, 0.6) is 0 Å². The maximum absolute atomic E-state index is 3.64. The van der Waals surface area contributed by atoms with Gasteiger partial charge < -0.3 is 5.32 Å². The Labute approximate surface area is 137 Å². The summed E-state index contributed by atoms with van der Waals surface area (Å²) >= 11 is 0. The van der Waals surface area contributed by atoms with Crippen LogP contribution in [0.3, 0.4) is 0 Å². The van der Waals surface area contributed by atoms with Crippen LogP contribution >= 0.6 is 0 Å². The largest absolute Gasteiger partial charge is 0.358 e. The van der Waals surface area contributed by atoms with E-state index in [2.05, 4.69) is 91.1 Å². The van der Waals surface area contributed by atoms with Crippen molar-refractivity contribution in [2.45, 2.75) is 13.3 Å². The molecule has 23 heavy (non-hydrogen) atoms. The van der Waals surface area contributed by atoms with Gasteiger partial charge in [-0.25, -0.2) is 0 Å². The van der Waals surface area contributed by atoms with Crippen LogP contribution in [0.25, 0.3) is 5.57 Å². The van der Waals surface area contributed by atoms with Crippen molar-refractivity contribution >= 4 is 11.3 Å². The molecule has 112 valence electrons. The highest BCUT2D eigenvalue weighted by molar-refractivity contribution is 5.87. The third kappa shape index (κ3) is 2.55. The Bertz CT molecular complexity index is 848. The Hall–Kier alpha value is -2.80. The number of benzene rings is 3. The zero-order chi connectivity index (χ0) is 15.6. The fourth-order valence-electron chi connectivity index (χ4n) is 3.30. The Morgan fingerprint density at radius 3 is 2.26 bits per heavy atom. The Kier molecular flexibility index (Phi) is 3.47. The zero-order valence-electron chi connectivity index (χ0n) is 13.2. The van der Waals surface area contributed by atoms with E-state index < -0.39 is 0 Å². The van der Waals surface area contributed by atoms with Gasteiger partial charge >= 0.3 is 0 Å². The number of para-hydroxylation sites is 1. The number of aryl methyl sites for hydroxylation is 1. The van der Waals surface area contributed by atoms with Gasteiger partial charge in [-0.3, -0.25) is 0 Å². The number of fused-ring (bicyclic) bond motifs is 1. The van der Waals surface area contributed by atoms with Crippen molar-refractivity contribution in [3.05, 3.63) is 107 Å². The van der Waals surface area contributed by atoms with Crippen LogP contribution in [0.15, 0.2) is 84.6 Å². The SMILES string of the molecule is Cc1ccccc1/C(=C1\Cc2ccccc2N1)c1ccccc1. The average Bonchev–Trinajstić information content (AvgIpc) is 3.01. The van der Waals surface area contributed by atoms with Crippen LogP contribution < -0.4 is 5.32 Å². The summed E-state index contributed by atoms with van der Waals surface area (Å²) in [6, 6.07) is 27.8. The second-order valence-electron chi connectivity index (χ2n) is 5.99. The second kappa shape index (κ2) is 5.77. The molecule has 1 N–H and O–H groups in total. The Morgan fingerprint density at radius 1 is 0.783 bits per heavy atom. The Morgan fingerprint density at radius 2 is 1.48 bits per heavy atom. The minimum Gasteiger partial charge on any atom is -0.358 e. The van der Waals surface area contributed by atoms with Gasteiger partial charge in [0.05, 0.1) is 0 Å². The highest BCUT2D eigenvalue weighted by Gasteiger charge is 2.20. The van der Waals surface area contributed by atoms with Crippen LogP contribution in [-0.2, 0) is 6.42 Å². The minimum atomic E-state index is 0.953. The molecule has 1 heterocycles. The molecule has 0 amide bonds. The summed E-state index contributed by atoms with van der Waals surface area (Å²) in [5.41, 5.74) is 9.04. The van der Waals surface area contributed by atoms with Crippen LogP contribution in [0.4, 0.5) is 5.69 Å². The summed E-state index contributed by atoms with van der Waals surface area (Å²) in [5.74, 6) is 0. The van der Waals surface area contributed by atoms with E-state index in [1.807, 2.05) is 0 Å². The van der Waals surface area contributed by atoms with E-state index in [1.165, 1.54) is 39.2 Å². The van der Waals surface area contributed by atoms with E-state index in [4.69, 9.17) is 0 Å². The van der Waals surface area contributed by atoms with E-state index in [0.29, 0.717) is 0 Å². The lowest BCUT2D eigenvalue weighted by Gasteiger charge is -2.15. The summed E-state index contributed by atoms with van der Waals surface area (Å²) < 4.78 is 0. The maximum atomic E-state index is 3.64. The van der Waals surface area contributed by atoms with Crippen molar-refractivity contribution < 1.29 is 0 Å². The van der Waals surface area contributed by atoms with Gasteiger partial charge in [0.2, 0.25) is 0 Å². The number of rotatable bonds is 2. The highest BCUT2D eigenvalue weighted by Crippen LogP contribution is 2.36. The Balaban J connectivity index is 1.91. The predicted octanol–water partition coefficient (Wildman–Crippen LogP) is 5.42. The highest BCUT2D eigenvalue weighted by atomic mass is 14.9. The van der Waals surface area contributed by atoms with E-state index in [9.17, 15) is 0 Å². The average molecular weight is 297 g/mol. The van der Waals surface area contributed by atoms with Gasteiger partial charge in [0, 0.05) is 23.4 Å². The summed E-state index contributed by atoms with van der Waals surface area (Å²) in [7, 11) is 0. The third-order valence-electron chi connectivity index (χ3n) is 4.45. The molecule has 0 radical (unpaired) electrons. The van der Waals surface area contributed by atoms with E-state index >= 15 is 0 Å². The molecule has 1 aliphatic rings. The molecular weight excluding hydrogens is 278 g/mol. The molecule has 1 aliphatic heterocycles. The lowest BCUT2D eigenvalue weighted by molar-refractivity contribution is 1.24. The van der Waals surface area contributed by atoms with Crippen molar-refractivity contribution in [1.29, 1.82) is 0 Å². The van der Waals surface area contributed by atoms with Crippen molar-refractivity contribution in [2.75, 3.05) is 5.32 Å². The van der Waals surface area contributed by atoms with Crippen molar-refractivity contribution in [3.63, 3.8) is 0 Å². The van der Waals surface area contributed by atoms with E-state index in [0.717, 1.165) is 6.42 Å². The maximum Gasteiger partial charge on any atom is 0.0418 e. The van der Waals surface area contributed by atoms with Crippen LogP contribution in [0.2, 0.25) is 0 Å². The second-order valence-corrected chi connectivity index (χ2v) is 5.99. The summed E-state index contributed by atoms with van der Waals surface area (Å²) in [5, 5.41) is 3.64. The topological polar surface area (TPSA) is 12.0 Å². The van der Waals surface area contributed by atoms with Gasteiger partial charge in [-0.2, -0.15) is 0 Å². The summed E-state index contributed by atoms with van der Waals surface area (Å²) in [6.45, 7) is 2.18. The van der Waals surface area contributed by atoms with Gasteiger partial charge in [-0.1, -0.05) is 72.8 Å². The summed E-state index contributed by atoms with van der Waals surface area (Å²) in [6.07, 6.45) is 0.953.